The van der Waals surface area contributed by atoms with E-state index in [1.165, 1.54) is 23.5 Å². The SMILES string of the molecule is O=C1C[C@H](c2ccc(OCc3cccc(F)c3)cc2)c2c(n3ccsc3nc2=O)N1. The minimum absolute atomic E-state index is 0.149. The van der Waals surface area contributed by atoms with Gasteiger partial charge in [0.05, 0.1) is 5.56 Å². The zero-order valence-electron chi connectivity index (χ0n) is 15.7. The van der Waals surface area contributed by atoms with Crippen molar-refractivity contribution in [2.24, 2.45) is 0 Å². The van der Waals surface area contributed by atoms with Gasteiger partial charge >= 0.3 is 0 Å². The molecule has 3 heterocycles. The van der Waals surface area contributed by atoms with Gasteiger partial charge in [-0.1, -0.05) is 24.3 Å². The molecule has 6 nitrogen and oxygen atoms in total. The van der Waals surface area contributed by atoms with Crippen molar-refractivity contribution in [3.05, 3.63) is 93.0 Å². The van der Waals surface area contributed by atoms with E-state index < -0.39 is 0 Å². The van der Waals surface area contributed by atoms with Crippen LogP contribution in [0.3, 0.4) is 0 Å². The van der Waals surface area contributed by atoms with Crippen molar-refractivity contribution in [3.63, 3.8) is 0 Å². The van der Waals surface area contributed by atoms with Gasteiger partial charge in [-0.3, -0.25) is 14.0 Å². The molecule has 0 saturated carbocycles. The van der Waals surface area contributed by atoms with Gasteiger partial charge in [-0.2, -0.15) is 4.98 Å². The highest BCUT2D eigenvalue weighted by Crippen LogP contribution is 2.36. The number of nitrogens with zero attached hydrogens (tertiary/aromatic N) is 2. The first-order chi connectivity index (χ1) is 14.6. The van der Waals surface area contributed by atoms with E-state index in [1.54, 1.807) is 34.9 Å². The number of hydrogen-bond acceptors (Lipinski definition) is 5. The summed E-state index contributed by atoms with van der Waals surface area (Å²) in [6.45, 7) is 0.243. The van der Waals surface area contributed by atoms with E-state index in [2.05, 4.69) is 10.3 Å². The van der Waals surface area contributed by atoms with Crippen molar-refractivity contribution in [2.75, 3.05) is 5.32 Å². The molecule has 1 aliphatic rings. The maximum absolute atomic E-state index is 13.3. The van der Waals surface area contributed by atoms with E-state index in [0.29, 0.717) is 22.1 Å². The lowest BCUT2D eigenvalue weighted by molar-refractivity contribution is -0.116. The van der Waals surface area contributed by atoms with E-state index in [1.807, 2.05) is 17.5 Å². The van der Waals surface area contributed by atoms with Crippen LogP contribution in [-0.2, 0) is 11.4 Å². The van der Waals surface area contributed by atoms with Crippen molar-refractivity contribution in [1.82, 2.24) is 9.38 Å². The Morgan fingerprint density at radius 1 is 1.20 bits per heavy atom. The van der Waals surface area contributed by atoms with Gasteiger partial charge in [-0.05, 0) is 35.4 Å². The fraction of sp³-hybridized carbons (Fsp3) is 0.136. The molecule has 0 unspecified atom stereocenters. The van der Waals surface area contributed by atoms with Crippen LogP contribution >= 0.6 is 11.3 Å². The second kappa shape index (κ2) is 7.38. The van der Waals surface area contributed by atoms with Crippen LogP contribution in [0.4, 0.5) is 10.2 Å². The quantitative estimate of drug-likeness (QED) is 0.542. The molecule has 0 bridgehead atoms. The van der Waals surface area contributed by atoms with E-state index in [0.717, 1.165) is 11.1 Å². The van der Waals surface area contributed by atoms with Gasteiger partial charge in [0.1, 0.15) is 24.0 Å². The summed E-state index contributed by atoms with van der Waals surface area (Å²) in [5.74, 6) is 0.262. The third-order valence-corrected chi connectivity index (χ3v) is 5.84. The lowest BCUT2D eigenvalue weighted by Gasteiger charge is -2.25. The molecule has 0 radical (unpaired) electrons. The smallest absolute Gasteiger partial charge is 0.279 e. The van der Waals surface area contributed by atoms with Crippen LogP contribution in [0.2, 0.25) is 0 Å². The number of thiazole rings is 1. The summed E-state index contributed by atoms with van der Waals surface area (Å²) in [6, 6.07) is 13.5. The summed E-state index contributed by atoms with van der Waals surface area (Å²) in [4.78, 5) is 29.7. The maximum atomic E-state index is 13.3. The summed E-state index contributed by atoms with van der Waals surface area (Å²) in [5, 5.41) is 4.64. The fourth-order valence-corrected chi connectivity index (χ4v) is 4.39. The molecule has 0 spiro atoms. The van der Waals surface area contributed by atoms with Gasteiger partial charge in [0, 0.05) is 23.9 Å². The van der Waals surface area contributed by atoms with Crippen LogP contribution in [-0.4, -0.2) is 15.3 Å². The molecule has 1 aliphatic heterocycles. The van der Waals surface area contributed by atoms with Gasteiger partial charge < -0.3 is 10.1 Å². The number of benzene rings is 2. The Kier molecular flexibility index (Phi) is 4.55. The normalized spacial score (nSPS) is 15.6. The number of carbonyl (C=O) groups excluding carboxylic acids is 1. The lowest BCUT2D eigenvalue weighted by atomic mass is 9.87. The standard InChI is InChI=1S/C22H16FN3O3S/c23-15-3-1-2-13(10-15)12-29-16-6-4-14(5-7-16)17-11-18(27)24-20-19(17)21(28)25-22-26(20)8-9-30-22/h1-10,17H,11-12H2,(H,24,27)/t17-/m1/s1. The third-order valence-electron chi connectivity index (χ3n) is 5.09. The third kappa shape index (κ3) is 3.35. The van der Waals surface area contributed by atoms with Crippen molar-refractivity contribution in [3.8, 4) is 5.75 Å². The average Bonchev–Trinajstić information content (AvgIpc) is 3.21. The van der Waals surface area contributed by atoms with Crippen LogP contribution in [0.25, 0.3) is 4.96 Å². The molecule has 1 N–H and O–H groups in total. The Bertz CT molecular complexity index is 1310. The molecular weight excluding hydrogens is 405 g/mol. The maximum Gasteiger partial charge on any atom is 0.279 e. The molecule has 5 rings (SSSR count). The Balaban J connectivity index is 1.44. The molecule has 1 atom stereocenters. The summed E-state index contributed by atoms with van der Waals surface area (Å²) in [7, 11) is 0. The van der Waals surface area contributed by atoms with Crippen molar-refractivity contribution < 1.29 is 13.9 Å². The number of fused-ring (bicyclic) bond motifs is 3. The minimum Gasteiger partial charge on any atom is -0.489 e. The van der Waals surface area contributed by atoms with Gasteiger partial charge in [0.15, 0.2) is 4.96 Å². The van der Waals surface area contributed by atoms with Crippen LogP contribution in [0.5, 0.6) is 5.75 Å². The summed E-state index contributed by atoms with van der Waals surface area (Å²) >= 11 is 1.34. The molecule has 4 aromatic rings. The Morgan fingerprint density at radius 2 is 2.03 bits per heavy atom. The molecule has 0 fully saturated rings. The highest BCUT2D eigenvalue weighted by molar-refractivity contribution is 7.15. The monoisotopic (exact) mass is 421 g/mol. The van der Waals surface area contributed by atoms with Crippen LogP contribution < -0.4 is 15.6 Å². The lowest BCUT2D eigenvalue weighted by Crippen LogP contribution is -2.31. The zero-order valence-corrected chi connectivity index (χ0v) is 16.5. The van der Waals surface area contributed by atoms with Crippen molar-refractivity contribution in [2.45, 2.75) is 18.9 Å². The number of anilines is 1. The first kappa shape index (κ1) is 18.5. The van der Waals surface area contributed by atoms with E-state index in [9.17, 15) is 14.0 Å². The largest absolute Gasteiger partial charge is 0.489 e. The number of nitrogens with one attached hydrogen (secondary N) is 1. The van der Waals surface area contributed by atoms with Gasteiger partial charge in [0.25, 0.3) is 5.56 Å². The molecule has 2 aromatic carbocycles. The second-order valence-electron chi connectivity index (χ2n) is 7.03. The summed E-state index contributed by atoms with van der Waals surface area (Å²) in [5.41, 5.74) is 1.72. The van der Waals surface area contributed by atoms with Crippen LogP contribution in [0.15, 0.2) is 64.9 Å². The molecule has 1 amide bonds. The minimum atomic E-state index is -0.386. The van der Waals surface area contributed by atoms with E-state index in [4.69, 9.17) is 4.74 Å². The highest BCUT2D eigenvalue weighted by Gasteiger charge is 2.31. The van der Waals surface area contributed by atoms with Gasteiger partial charge in [-0.25, -0.2) is 4.39 Å². The van der Waals surface area contributed by atoms with Crippen LogP contribution in [0.1, 0.15) is 29.0 Å². The second-order valence-corrected chi connectivity index (χ2v) is 7.90. The Labute approximate surface area is 174 Å². The molecule has 150 valence electrons. The number of amides is 1. The van der Waals surface area contributed by atoms with E-state index in [-0.39, 0.29) is 36.2 Å². The molecule has 0 aliphatic carbocycles. The summed E-state index contributed by atoms with van der Waals surface area (Å²) < 4.78 is 20.8. The van der Waals surface area contributed by atoms with Gasteiger partial charge in [-0.15, -0.1) is 11.3 Å². The van der Waals surface area contributed by atoms with Crippen molar-refractivity contribution >= 4 is 28.0 Å². The number of hydrogen-bond donors (Lipinski definition) is 1. The number of carbonyl (C=O) groups is 1. The molecule has 30 heavy (non-hydrogen) atoms. The predicted octanol–water partition coefficient (Wildman–Crippen LogP) is 3.95. The number of rotatable bonds is 4. The molecular formula is C22H16FN3O3S. The molecule has 0 saturated heterocycles. The number of ether oxygens (including phenoxy) is 1. The molecule has 8 heteroatoms. The topological polar surface area (TPSA) is 72.7 Å². The Morgan fingerprint density at radius 3 is 2.83 bits per heavy atom. The number of halogens is 1. The molecule has 2 aromatic heterocycles. The van der Waals surface area contributed by atoms with Gasteiger partial charge in [0.2, 0.25) is 5.91 Å². The highest BCUT2D eigenvalue weighted by atomic mass is 32.1. The first-order valence-electron chi connectivity index (χ1n) is 9.35. The predicted molar refractivity (Wildman–Crippen MR) is 112 cm³/mol. The Hall–Kier alpha value is -3.52. The van der Waals surface area contributed by atoms with Crippen LogP contribution in [0, 0.1) is 5.82 Å². The summed E-state index contributed by atoms with van der Waals surface area (Å²) in [6.07, 6.45) is 1.96. The first-order valence-corrected chi connectivity index (χ1v) is 10.2. The van der Waals surface area contributed by atoms with Crippen molar-refractivity contribution in [1.29, 1.82) is 0 Å². The van der Waals surface area contributed by atoms with E-state index >= 15 is 0 Å². The number of aromatic nitrogens is 2. The zero-order chi connectivity index (χ0) is 20.7. The fourth-order valence-electron chi connectivity index (χ4n) is 3.69. The average molecular weight is 421 g/mol.